The molecule has 3 heterocycles. The van der Waals surface area contributed by atoms with Gasteiger partial charge in [0.2, 0.25) is 11.8 Å². The molecule has 180 valence electrons. The van der Waals surface area contributed by atoms with Crippen molar-refractivity contribution in [1.29, 1.82) is 0 Å². The molecule has 3 aliphatic heterocycles. The normalized spacial score (nSPS) is 27.9. The number of nitrogens with one attached hydrogen (secondary N) is 1. The number of carbonyl (C=O) groups is 2. The molecule has 2 amide bonds. The summed E-state index contributed by atoms with van der Waals surface area (Å²) in [6.07, 6.45) is 2.39. The minimum absolute atomic E-state index is 0.0101. The lowest BCUT2D eigenvalue weighted by molar-refractivity contribution is -0.189. The molecule has 5 rings (SSSR count). The first kappa shape index (κ1) is 22.9. The molecule has 6 heteroatoms. The maximum Gasteiger partial charge on any atom is 0.245 e. The predicted molar refractivity (Wildman–Crippen MR) is 129 cm³/mol. The van der Waals surface area contributed by atoms with Crippen molar-refractivity contribution in [3.63, 3.8) is 0 Å². The third-order valence-electron chi connectivity index (χ3n) is 7.67. The lowest BCUT2D eigenvalue weighted by Crippen LogP contribution is -2.58. The Morgan fingerprint density at radius 2 is 1.85 bits per heavy atom. The number of piperidine rings is 1. The molecular formula is C28H34N2O4. The quantitative estimate of drug-likeness (QED) is 0.748. The number of carbonyl (C=O) groups excluding carboxylic acids is 2. The number of ether oxygens (including phenoxy) is 2. The minimum atomic E-state index is -0.560. The predicted octanol–water partition coefficient (Wildman–Crippen LogP) is 3.90. The number of hydrogen-bond acceptors (Lipinski definition) is 4. The van der Waals surface area contributed by atoms with Gasteiger partial charge in [0.1, 0.15) is 17.4 Å². The summed E-state index contributed by atoms with van der Waals surface area (Å²) < 4.78 is 13.1. The van der Waals surface area contributed by atoms with Crippen LogP contribution in [0.25, 0.3) is 0 Å². The second kappa shape index (κ2) is 9.06. The van der Waals surface area contributed by atoms with Gasteiger partial charge in [-0.05, 0) is 38.3 Å². The van der Waals surface area contributed by atoms with Crippen LogP contribution in [0, 0.1) is 11.8 Å². The van der Waals surface area contributed by atoms with E-state index in [2.05, 4.69) is 25.2 Å². The van der Waals surface area contributed by atoms with E-state index in [1.165, 1.54) is 6.92 Å². The number of likely N-dealkylation sites (tertiary alicyclic amines) is 1. The van der Waals surface area contributed by atoms with Gasteiger partial charge in [-0.15, -0.1) is 0 Å². The van der Waals surface area contributed by atoms with Gasteiger partial charge in [-0.2, -0.15) is 0 Å². The molecule has 2 fully saturated rings. The molecule has 6 nitrogen and oxygen atoms in total. The van der Waals surface area contributed by atoms with Gasteiger partial charge in [0.15, 0.2) is 0 Å². The van der Waals surface area contributed by atoms with Crippen molar-refractivity contribution in [3.8, 4) is 5.75 Å². The topological polar surface area (TPSA) is 67.9 Å². The largest absolute Gasteiger partial charge is 0.487 e. The Kier molecular flexibility index (Phi) is 6.11. The van der Waals surface area contributed by atoms with Crippen LogP contribution >= 0.6 is 0 Å². The summed E-state index contributed by atoms with van der Waals surface area (Å²) in [5.74, 6) is 1.19. The van der Waals surface area contributed by atoms with Crippen LogP contribution < -0.4 is 10.1 Å². The fourth-order valence-electron chi connectivity index (χ4n) is 5.97. The standard InChI is InChI=1S/C28H34N2O4/c1-18(31)29-23(15-19-9-5-4-6-10-19)27(32)30-14-13-24-20(17-30)16-22-26(33-24)21-11-7-8-12-25(21)34-28(22,2)3/h4-12,20,22-24,26H,13-17H2,1-3H3,(H,29,31)/t20-,22+,23-,24+,26-/m1/s1. The Balaban J connectivity index is 1.32. The van der Waals surface area contributed by atoms with E-state index in [9.17, 15) is 9.59 Å². The summed E-state index contributed by atoms with van der Waals surface area (Å²) in [4.78, 5) is 27.3. The highest BCUT2D eigenvalue weighted by Crippen LogP contribution is 2.52. The van der Waals surface area contributed by atoms with Crippen molar-refractivity contribution in [2.75, 3.05) is 13.1 Å². The molecule has 5 atom stereocenters. The first-order valence-electron chi connectivity index (χ1n) is 12.3. The van der Waals surface area contributed by atoms with Crippen molar-refractivity contribution in [3.05, 3.63) is 65.7 Å². The zero-order valence-electron chi connectivity index (χ0n) is 20.2. The molecule has 0 radical (unpaired) electrons. The summed E-state index contributed by atoms with van der Waals surface area (Å²) in [6.45, 7) is 7.04. The average Bonchev–Trinajstić information content (AvgIpc) is 2.82. The summed E-state index contributed by atoms with van der Waals surface area (Å²) in [5.41, 5.74) is 1.83. The number of para-hydroxylation sites is 1. The van der Waals surface area contributed by atoms with E-state index in [0.29, 0.717) is 19.5 Å². The monoisotopic (exact) mass is 462 g/mol. The van der Waals surface area contributed by atoms with Crippen LogP contribution in [0.5, 0.6) is 5.75 Å². The van der Waals surface area contributed by atoms with E-state index in [1.54, 1.807) is 0 Å². The third-order valence-corrected chi connectivity index (χ3v) is 7.67. The van der Waals surface area contributed by atoms with Crippen LogP contribution in [0.4, 0.5) is 0 Å². The molecule has 2 saturated heterocycles. The Morgan fingerprint density at radius 1 is 1.12 bits per heavy atom. The molecule has 0 aromatic heterocycles. The van der Waals surface area contributed by atoms with Crippen molar-refractivity contribution in [2.45, 2.75) is 63.9 Å². The molecule has 2 aromatic rings. The molecule has 2 aromatic carbocycles. The number of hydrogen-bond donors (Lipinski definition) is 1. The summed E-state index contributed by atoms with van der Waals surface area (Å²) in [5, 5.41) is 2.89. The van der Waals surface area contributed by atoms with Crippen molar-refractivity contribution in [1.82, 2.24) is 10.2 Å². The molecule has 34 heavy (non-hydrogen) atoms. The summed E-state index contributed by atoms with van der Waals surface area (Å²) in [6, 6.07) is 17.5. The second-order valence-corrected chi connectivity index (χ2v) is 10.5. The van der Waals surface area contributed by atoms with E-state index in [1.807, 2.05) is 53.4 Å². The first-order chi connectivity index (χ1) is 16.3. The van der Waals surface area contributed by atoms with Crippen LogP contribution in [0.3, 0.4) is 0 Å². The van der Waals surface area contributed by atoms with Crippen LogP contribution in [-0.4, -0.2) is 47.6 Å². The molecule has 0 spiro atoms. The Bertz CT molecular complexity index is 1050. The molecule has 3 aliphatic rings. The van der Waals surface area contributed by atoms with Crippen molar-refractivity contribution < 1.29 is 19.1 Å². The molecule has 0 aliphatic carbocycles. The lowest BCUT2D eigenvalue weighted by Gasteiger charge is -2.53. The molecule has 1 N–H and O–H groups in total. The van der Waals surface area contributed by atoms with E-state index in [-0.39, 0.29) is 41.5 Å². The summed E-state index contributed by atoms with van der Waals surface area (Å²) in [7, 11) is 0. The van der Waals surface area contributed by atoms with Crippen molar-refractivity contribution in [2.24, 2.45) is 11.8 Å². The minimum Gasteiger partial charge on any atom is -0.487 e. The maximum atomic E-state index is 13.5. The fourth-order valence-corrected chi connectivity index (χ4v) is 5.97. The Morgan fingerprint density at radius 3 is 2.62 bits per heavy atom. The number of fused-ring (bicyclic) bond motifs is 4. The number of benzene rings is 2. The number of rotatable bonds is 4. The smallest absolute Gasteiger partial charge is 0.245 e. The van der Waals surface area contributed by atoms with Gasteiger partial charge in [-0.3, -0.25) is 9.59 Å². The van der Waals surface area contributed by atoms with Gasteiger partial charge in [-0.25, -0.2) is 0 Å². The van der Waals surface area contributed by atoms with Crippen molar-refractivity contribution >= 4 is 11.8 Å². The number of amides is 2. The summed E-state index contributed by atoms with van der Waals surface area (Å²) >= 11 is 0. The molecule has 0 unspecified atom stereocenters. The number of nitrogens with zero attached hydrogens (tertiary/aromatic N) is 1. The van der Waals surface area contributed by atoms with Gasteiger partial charge in [0.05, 0.1) is 12.2 Å². The third kappa shape index (κ3) is 4.43. The average molecular weight is 463 g/mol. The van der Waals surface area contributed by atoms with Gasteiger partial charge in [-0.1, -0.05) is 48.5 Å². The zero-order valence-corrected chi connectivity index (χ0v) is 20.2. The van der Waals surface area contributed by atoms with Crippen LogP contribution in [0.2, 0.25) is 0 Å². The van der Waals surface area contributed by atoms with Gasteiger partial charge in [0, 0.05) is 43.8 Å². The maximum absolute atomic E-state index is 13.5. The first-order valence-corrected chi connectivity index (χ1v) is 12.3. The van der Waals surface area contributed by atoms with E-state index >= 15 is 0 Å². The van der Waals surface area contributed by atoms with Crippen LogP contribution in [-0.2, 0) is 20.7 Å². The van der Waals surface area contributed by atoms with E-state index < -0.39 is 6.04 Å². The molecule has 0 bridgehead atoms. The van der Waals surface area contributed by atoms with Gasteiger partial charge >= 0.3 is 0 Å². The Labute approximate surface area is 201 Å². The lowest BCUT2D eigenvalue weighted by atomic mass is 9.70. The van der Waals surface area contributed by atoms with Crippen LogP contribution in [0.15, 0.2) is 54.6 Å². The van der Waals surface area contributed by atoms with Gasteiger partial charge in [0.25, 0.3) is 0 Å². The highest BCUT2D eigenvalue weighted by molar-refractivity contribution is 5.87. The van der Waals surface area contributed by atoms with E-state index in [0.717, 1.165) is 29.7 Å². The molecular weight excluding hydrogens is 428 g/mol. The highest BCUT2D eigenvalue weighted by Gasteiger charge is 2.51. The fraction of sp³-hybridized carbons (Fsp3) is 0.500. The zero-order chi connectivity index (χ0) is 23.9. The second-order valence-electron chi connectivity index (χ2n) is 10.5. The van der Waals surface area contributed by atoms with Crippen LogP contribution in [0.1, 0.15) is 50.8 Å². The highest BCUT2D eigenvalue weighted by atomic mass is 16.5. The Hall–Kier alpha value is -2.86. The SMILES string of the molecule is CC(=O)N[C@H](Cc1ccccc1)C(=O)N1CC[C@@H]2O[C@@H]3c4ccccc4OC(C)(C)[C@H]3C[C@@H]2C1. The van der Waals surface area contributed by atoms with Gasteiger partial charge < -0.3 is 19.7 Å². The van der Waals surface area contributed by atoms with E-state index in [4.69, 9.17) is 9.47 Å². The molecule has 0 saturated carbocycles.